The molecule has 54 heavy (non-hydrogen) atoms. The molecule has 0 saturated carbocycles. The molecule has 11 heteroatoms. The predicted octanol–water partition coefficient (Wildman–Crippen LogP) is 9.87. The Kier molecular flexibility index (Phi) is 15.1. The number of piperazine rings is 1. The Labute approximate surface area is 333 Å². The highest BCUT2D eigenvalue weighted by molar-refractivity contribution is 6.32. The molecular weight excluding hydrogens is 745 g/mol. The molecule has 5 aromatic rings. The van der Waals surface area contributed by atoms with E-state index in [4.69, 9.17) is 42.1 Å². The average Bonchev–Trinajstić information content (AvgIpc) is 3.17. The highest BCUT2D eigenvalue weighted by atomic mass is 35.5. The molecule has 0 atom stereocenters. The van der Waals surface area contributed by atoms with Crippen molar-refractivity contribution in [2.45, 2.75) is 33.4 Å². The molecule has 0 radical (unpaired) electrons. The van der Waals surface area contributed by atoms with Crippen molar-refractivity contribution in [1.82, 2.24) is 14.8 Å². The Morgan fingerprint density at radius 1 is 0.796 bits per heavy atom. The number of halogens is 3. The molecule has 2 heterocycles. The minimum Gasteiger partial charge on any atom is -0.494 e. The normalized spacial score (nSPS) is 13.0. The van der Waals surface area contributed by atoms with Gasteiger partial charge < -0.3 is 23.8 Å². The van der Waals surface area contributed by atoms with Crippen molar-refractivity contribution in [3.8, 4) is 28.9 Å². The van der Waals surface area contributed by atoms with Gasteiger partial charge in [-0.05, 0) is 90.7 Å². The number of hydrogen-bond acceptors (Lipinski definition) is 7. The summed E-state index contributed by atoms with van der Waals surface area (Å²) in [5.74, 6) is 3.16. The molecule has 0 bridgehead atoms. The van der Waals surface area contributed by atoms with Gasteiger partial charge in [0.25, 0.3) is 0 Å². The smallest absolute Gasteiger partial charge is 0.246 e. The minimum absolute atomic E-state index is 0. The first-order valence-electron chi connectivity index (χ1n) is 17.8. The predicted molar refractivity (Wildman–Crippen MR) is 218 cm³/mol. The van der Waals surface area contributed by atoms with E-state index in [1.807, 2.05) is 73.3 Å². The van der Waals surface area contributed by atoms with Crippen LogP contribution in [0.2, 0.25) is 10.0 Å². The van der Waals surface area contributed by atoms with Crippen molar-refractivity contribution in [2.24, 2.45) is 0 Å². The lowest BCUT2D eigenvalue weighted by Gasteiger charge is -2.34. The van der Waals surface area contributed by atoms with Crippen LogP contribution in [0.5, 0.6) is 28.9 Å². The highest BCUT2D eigenvalue weighted by Gasteiger charge is 2.20. The van der Waals surface area contributed by atoms with Gasteiger partial charge in [-0.3, -0.25) is 9.69 Å². The number of nitrogens with zero attached hydrogens (tertiary/aromatic N) is 3. The summed E-state index contributed by atoms with van der Waals surface area (Å²) in [4.78, 5) is 21.7. The van der Waals surface area contributed by atoms with Crippen LogP contribution in [0.4, 0.5) is 0 Å². The van der Waals surface area contributed by atoms with Crippen LogP contribution < -0.4 is 18.9 Å². The van der Waals surface area contributed by atoms with Crippen molar-refractivity contribution in [1.29, 1.82) is 0 Å². The zero-order chi connectivity index (χ0) is 37.0. The molecule has 4 aromatic carbocycles. The van der Waals surface area contributed by atoms with Gasteiger partial charge >= 0.3 is 0 Å². The molecule has 0 unspecified atom stereocenters. The maximum Gasteiger partial charge on any atom is 0.246 e. The van der Waals surface area contributed by atoms with Crippen LogP contribution in [0.15, 0.2) is 109 Å². The Morgan fingerprint density at radius 2 is 1.48 bits per heavy atom. The highest BCUT2D eigenvalue weighted by Crippen LogP contribution is 2.34. The summed E-state index contributed by atoms with van der Waals surface area (Å²) in [6, 6.07) is 31.2. The number of rotatable bonds is 15. The zero-order valence-corrected chi connectivity index (χ0v) is 32.7. The third-order valence-corrected chi connectivity index (χ3v) is 9.49. The van der Waals surface area contributed by atoms with E-state index in [1.54, 1.807) is 36.5 Å². The molecule has 0 spiro atoms. The van der Waals surface area contributed by atoms with E-state index in [2.05, 4.69) is 34.1 Å². The lowest BCUT2D eigenvalue weighted by atomic mass is 10.1. The Bertz CT molecular complexity index is 1960. The first-order valence-corrected chi connectivity index (χ1v) is 18.5. The molecule has 1 amide bonds. The SMILES string of the molecule is CCOc1ccc(OCCc2ccc(CN3CCN(C(=O)/C=C/c4cc(C)c(Oc5ccc(OCc6ccccc6Cl)cn5)c(Cl)c4)CC3)cc2)cc1.Cl. The Morgan fingerprint density at radius 3 is 2.15 bits per heavy atom. The summed E-state index contributed by atoms with van der Waals surface area (Å²) in [7, 11) is 0. The first-order chi connectivity index (χ1) is 25.8. The maximum absolute atomic E-state index is 13.1. The van der Waals surface area contributed by atoms with E-state index < -0.39 is 0 Å². The molecule has 6 rings (SSSR count). The quantitative estimate of drug-likeness (QED) is 0.0979. The van der Waals surface area contributed by atoms with Crippen molar-refractivity contribution >= 4 is 47.6 Å². The van der Waals surface area contributed by atoms with Crippen LogP contribution >= 0.6 is 35.6 Å². The van der Waals surface area contributed by atoms with Gasteiger partial charge in [0.2, 0.25) is 11.8 Å². The lowest BCUT2D eigenvalue weighted by molar-refractivity contribution is -0.127. The van der Waals surface area contributed by atoms with Gasteiger partial charge in [0.15, 0.2) is 5.75 Å². The summed E-state index contributed by atoms with van der Waals surface area (Å²) in [6.45, 7) is 9.31. The van der Waals surface area contributed by atoms with Gasteiger partial charge in [0, 0.05) is 61.9 Å². The van der Waals surface area contributed by atoms with Crippen molar-refractivity contribution in [2.75, 3.05) is 39.4 Å². The van der Waals surface area contributed by atoms with E-state index in [-0.39, 0.29) is 18.3 Å². The topological polar surface area (TPSA) is 73.4 Å². The summed E-state index contributed by atoms with van der Waals surface area (Å²) >= 11 is 12.8. The second kappa shape index (κ2) is 20.1. The number of carbonyl (C=O) groups is 1. The summed E-state index contributed by atoms with van der Waals surface area (Å²) < 4.78 is 23.2. The van der Waals surface area contributed by atoms with E-state index in [1.165, 1.54) is 11.1 Å². The molecule has 1 aliphatic heterocycles. The lowest BCUT2D eigenvalue weighted by Crippen LogP contribution is -2.47. The second-order valence-corrected chi connectivity index (χ2v) is 13.5. The molecule has 0 aliphatic carbocycles. The molecule has 282 valence electrons. The minimum atomic E-state index is -0.0170. The fourth-order valence-corrected chi connectivity index (χ4v) is 6.43. The molecule has 1 aromatic heterocycles. The van der Waals surface area contributed by atoms with Gasteiger partial charge in [-0.1, -0.05) is 65.7 Å². The van der Waals surface area contributed by atoms with Crippen LogP contribution in [0, 0.1) is 6.92 Å². The van der Waals surface area contributed by atoms with Gasteiger partial charge in [0.05, 0.1) is 24.4 Å². The number of pyridine rings is 1. The van der Waals surface area contributed by atoms with E-state index >= 15 is 0 Å². The fraction of sp³-hybridized carbons (Fsp3) is 0.256. The van der Waals surface area contributed by atoms with Gasteiger partial charge in [0.1, 0.15) is 23.9 Å². The fourth-order valence-electron chi connectivity index (χ4n) is 5.93. The number of aromatic nitrogens is 1. The van der Waals surface area contributed by atoms with Crippen LogP contribution in [0.25, 0.3) is 6.08 Å². The van der Waals surface area contributed by atoms with Crippen LogP contribution in [0.1, 0.15) is 34.7 Å². The van der Waals surface area contributed by atoms with Crippen LogP contribution in [0.3, 0.4) is 0 Å². The number of benzene rings is 4. The van der Waals surface area contributed by atoms with E-state index in [0.29, 0.717) is 60.3 Å². The first kappa shape index (κ1) is 40.5. The third kappa shape index (κ3) is 11.6. The van der Waals surface area contributed by atoms with Gasteiger partial charge in [-0.15, -0.1) is 12.4 Å². The van der Waals surface area contributed by atoms with Gasteiger partial charge in [-0.2, -0.15) is 0 Å². The number of carbonyl (C=O) groups excluding carboxylic acids is 1. The van der Waals surface area contributed by atoms with Crippen molar-refractivity contribution in [3.05, 3.63) is 147 Å². The van der Waals surface area contributed by atoms with Gasteiger partial charge in [-0.25, -0.2) is 4.98 Å². The van der Waals surface area contributed by atoms with Crippen LogP contribution in [-0.4, -0.2) is 60.1 Å². The van der Waals surface area contributed by atoms with E-state index in [0.717, 1.165) is 54.2 Å². The Balaban J connectivity index is 0.00000561. The van der Waals surface area contributed by atoms with Crippen LogP contribution in [-0.2, 0) is 24.4 Å². The molecule has 1 aliphatic rings. The standard InChI is InChI=1S/C43H43Cl2N3O5.ClH/c1-3-50-36-13-15-37(16-14-36)51-25-20-32-8-10-33(11-9-32)29-47-21-23-48(24-22-47)42(49)19-12-34-26-31(2)43(40(45)27-34)53-41-18-17-38(28-46-41)52-30-35-6-4-5-7-39(35)44;/h4-19,26-28H,3,20-25,29-30H2,1-2H3;1H/b19-12+;. The maximum atomic E-state index is 13.1. The zero-order valence-electron chi connectivity index (χ0n) is 30.4. The molecule has 0 N–H and O–H groups in total. The van der Waals surface area contributed by atoms with Crippen molar-refractivity contribution < 1.29 is 23.7 Å². The molecule has 1 saturated heterocycles. The molecule has 8 nitrogen and oxygen atoms in total. The monoisotopic (exact) mass is 787 g/mol. The number of ether oxygens (including phenoxy) is 4. The Hall–Kier alpha value is -4.73. The molecular formula is C43H44Cl3N3O5. The number of aryl methyl sites for hydroxylation is 1. The molecule has 1 fully saturated rings. The summed E-state index contributed by atoms with van der Waals surface area (Å²) in [5.41, 5.74) is 5.02. The summed E-state index contributed by atoms with van der Waals surface area (Å²) in [6.07, 6.45) is 5.84. The third-order valence-electron chi connectivity index (χ3n) is 8.85. The van der Waals surface area contributed by atoms with E-state index in [9.17, 15) is 4.79 Å². The average molecular weight is 789 g/mol. The summed E-state index contributed by atoms with van der Waals surface area (Å²) in [5, 5.41) is 1.08. The number of hydrogen-bond donors (Lipinski definition) is 0. The largest absolute Gasteiger partial charge is 0.494 e. The second-order valence-electron chi connectivity index (χ2n) is 12.7. The van der Waals surface area contributed by atoms with Crippen molar-refractivity contribution in [3.63, 3.8) is 0 Å². The number of amides is 1.